The quantitative estimate of drug-likeness (QED) is 0.241. The van der Waals surface area contributed by atoms with Gasteiger partial charge in [-0.25, -0.2) is 23.5 Å². The van der Waals surface area contributed by atoms with Crippen LogP contribution in [0.1, 0.15) is 11.1 Å². The van der Waals surface area contributed by atoms with Gasteiger partial charge in [0, 0.05) is 24.8 Å². The molecule has 0 radical (unpaired) electrons. The van der Waals surface area contributed by atoms with Crippen molar-refractivity contribution in [2.45, 2.75) is 17.9 Å². The predicted molar refractivity (Wildman–Crippen MR) is 150 cm³/mol. The van der Waals surface area contributed by atoms with Crippen LogP contribution in [-0.2, 0) is 23.0 Å². The van der Waals surface area contributed by atoms with Gasteiger partial charge in [-0.15, -0.1) is 5.10 Å². The van der Waals surface area contributed by atoms with E-state index in [2.05, 4.69) is 54.5 Å². The molecule has 0 saturated heterocycles. The molecule has 3 aromatic carbocycles. The van der Waals surface area contributed by atoms with Crippen molar-refractivity contribution in [3.63, 3.8) is 0 Å². The lowest BCUT2D eigenvalue weighted by Gasteiger charge is -2.24. The van der Waals surface area contributed by atoms with E-state index in [0.29, 0.717) is 18.1 Å². The monoisotopic (exact) mass is 541 g/mol. The number of nitrogens with two attached hydrogens (primary N) is 2. The molecule has 11 nitrogen and oxygen atoms in total. The first-order chi connectivity index (χ1) is 18.8. The standard InChI is InChI=1S/C27H27N9O2S/c28-26-33-27(32-22-11-13-23(14-12-22)39(29,37)38)34-36(26)25-17-24(30-19-31-25)35(18-21-9-5-2-6-10-21)16-15-20-7-3-1-4-8-20/h1-14,17,19H,15-16,18H2,(H2,29,37,38)(H3,28,32,33,34). The number of rotatable bonds is 10. The Hall–Kier alpha value is -4.81. The molecule has 0 aliphatic rings. The molecule has 0 bridgehead atoms. The summed E-state index contributed by atoms with van der Waals surface area (Å²) in [5.41, 5.74) is 9.13. The molecule has 0 saturated carbocycles. The van der Waals surface area contributed by atoms with E-state index < -0.39 is 10.0 Å². The van der Waals surface area contributed by atoms with Crippen molar-refractivity contribution in [2.24, 2.45) is 5.14 Å². The third kappa shape index (κ3) is 6.55. The summed E-state index contributed by atoms with van der Waals surface area (Å²) in [5, 5.41) is 12.6. The molecule has 12 heteroatoms. The number of nitrogens with one attached hydrogen (secondary N) is 1. The third-order valence-electron chi connectivity index (χ3n) is 5.98. The minimum Gasteiger partial charge on any atom is -0.368 e. The SMILES string of the molecule is Nc1nc(Nc2ccc(S(N)(=O)=O)cc2)nn1-c1cc(N(CCc2ccccc2)Cc2ccccc2)ncn1. The lowest BCUT2D eigenvalue weighted by Crippen LogP contribution is -2.26. The average molecular weight is 542 g/mol. The van der Waals surface area contributed by atoms with Crippen molar-refractivity contribution in [3.8, 4) is 5.82 Å². The summed E-state index contributed by atoms with van der Waals surface area (Å²) in [6, 6.07) is 28.2. The van der Waals surface area contributed by atoms with Crippen molar-refractivity contribution in [1.82, 2.24) is 24.7 Å². The van der Waals surface area contributed by atoms with Crippen molar-refractivity contribution in [1.29, 1.82) is 0 Å². The number of benzene rings is 3. The van der Waals surface area contributed by atoms with Gasteiger partial charge in [0.15, 0.2) is 5.82 Å². The predicted octanol–water partition coefficient (Wildman–Crippen LogP) is 3.28. The van der Waals surface area contributed by atoms with Gasteiger partial charge in [-0.3, -0.25) is 0 Å². The van der Waals surface area contributed by atoms with Crippen LogP contribution in [0, 0.1) is 0 Å². The van der Waals surface area contributed by atoms with Crippen LogP contribution in [0.4, 0.5) is 23.4 Å². The highest BCUT2D eigenvalue weighted by Crippen LogP contribution is 2.21. The van der Waals surface area contributed by atoms with Gasteiger partial charge in [0.05, 0.1) is 4.90 Å². The molecule has 0 aliphatic heterocycles. The van der Waals surface area contributed by atoms with Crippen LogP contribution < -0.4 is 21.1 Å². The first-order valence-corrected chi connectivity index (χ1v) is 13.7. The Kier molecular flexibility index (Phi) is 7.48. The molecule has 5 aromatic rings. The summed E-state index contributed by atoms with van der Waals surface area (Å²) in [6.45, 7) is 1.40. The number of primary sulfonamides is 1. The molecular formula is C27H27N9O2S. The number of hydrogen-bond donors (Lipinski definition) is 3. The Morgan fingerprint density at radius 2 is 1.54 bits per heavy atom. The number of hydrogen-bond acceptors (Lipinski definition) is 9. The molecule has 39 heavy (non-hydrogen) atoms. The van der Waals surface area contributed by atoms with Gasteiger partial charge in [-0.2, -0.15) is 9.67 Å². The van der Waals surface area contributed by atoms with Gasteiger partial charge >= 0.3 is 0 Å². The van der Waals surface area contributed by atoms with Crippen LogP contribution in [0.5, 0.6) is 0 Å². The van der Waals surface area contributed by atoms with Gasteiger partial charge in [0.1, 0.15) is 12.1 Å². The maximum absolute atomic E-state index is 11.5. The first-order valence-electron chi connectivity index (χ1n) is 12.1. The van der Waals surface area contributed by atoms with Crippen LogP contribution in [0.15, 0.2) is 102 Å². The molecule has 5 rings (SSSR count). The van der Waals surface area contributed by atoms with E-state index >= 15 is 0 Å². The van der Waals surface area contributed by atoms with Crippen LogP contribution in [0.25, 0.3) is 5.82 Å². The smallest absolute Gasteiger partial charge is 0.248 e. The van der Waals surface area contributed by atoms with Gasteiger partial charge in [0.25, 0.3) is 0 Å². The molecule has 198 valence electrons. The van der Waals surface area contributed by atoms with Crippen molar-refractivity contribution in [2.75, 3.05) is 22.5 Å². The maximum Gasteiger partial charge on any atom is 0.248 e. The Morgan fingerprint density at radius 3 is 2.21 bits per heavy atom. The first kappa shape index (κ1) is 25.8. The van der Waals surface area contributed by atoms with Gasteiger partial charge < -0.3 is 16.0 Å². The highest BCUT2D eigenvalue weighted by Gasteiger charge is 2.15. The Bertz CT molecular complexity index is 1640. The summed E-state index contributed by atoms with van der Waals surface area (Å²) < 4.78 is 24.4. The lowest BCUT2D eigenvalue weighted by atomic mass is 10.1. The van der Waals surface area contributed by atoms with Crippen LogP contribution in [-0.4, -0.2) is 39.7 Å². The fourth-order valence-electron chi connectivity index (χ4n) is 4.02. The van der Waals surface area contributed by atoms with E-state index in [1.807, 2.05) is 42.5 Å². The molecule has 5 N–H and O–H groups in total. The zero-order chi connectivity index (χ0) is 27.2. The molecule has 2 heterocycles. The minimum atomic E-state index is -3.78. The van der Waals surface area contributed by atoms with E-state index in [9.17, 15) is 8.42 Å². The van der Waals surface area contributed by atoms with Crippen LogP contribution in [0.2, 0.25) is 0 Å². The highest BCUT2D eigenvalue weighted by atomic mass is 32.2. The van der Waals surface area contributed by atoms with Crippen molar-refractivity contribution in [3.05, 3.63) is 108 Å². The summed E-state index contributed by atoms with van der Waals surface area (Å²) >= 11 is 0. The zero-order valence-electron chi connectivity index (χ0n) is 20.9. The van der Waals surface area contributed by atoms with Crippen molar-refractivity contribution >= 4 is 33.4 Å². The highest BCUT2D eigenvalue weighted by molar-refractivity contribution is 7.89. The van der Waals surface area contributed by atoms with Crippen LogP contribution in [0.3, 0.4) is 0 Å². The second kappa shape index (κ2) is 11.3. The second-order valence-electron chi connectivity index (χ2n) is 8.78. The number of nitrogens with zero attached hydrogens (tertiary/aromatic N) is 6. The molecule has 0 fully saturated rings. The Balaban J connectivity index is 1.38. The number of aromatic nitrogens is 5. The molecule has 0 unspecified atom stereocenters. The van der Waals surface area contributed by atoms with Crippen molar-refractivity contribution < 1.29 is 8.42 Å². The fourth-order valence-corrected chi connectivity index (χ4v) is 4.53. The molecule has 0 amide bonds. The topological polar surface area (TPSA) is 158 Å². The molecule has 0 atom stereocenters. The Morgan fingerprint density at radius 1 is 0.872 bits per heavy atom. The van der Waals surface area contributed by atoms with E-state index in [0.717, 1.165) is 24.3 Å². The number of sulfonamides is 1. The maximum atomic E-state index is 11.5. The van der Waals surface area contributed by atoms with Crippen LogP contribution >= 0.6 is 0 Å². The zero-order valence-corrected chi connectivity index (χ0v) is 21.7. The molecular weight excluding hydrogens is 514 g/mol. The average Bonchev–Trinajstić information content (AvgIpc) is 3.31. The molecule has 0 aliphatic carbocycles. The largest absolute Gasteiger partial charge is 0.368 e. The van der Waals surface area contributed by atoms with E-state index in [1.165, 1.54) is 28.7 Å². The van der Waals surface area contributed by atoms with Gasteiger partial charge in [0.2, 0.25) is 21.9 Å². The molecule has 2 aromatic heterocycles. The third-order valence-corrected chi connectivity index (χ3v) is 6.91. The minimum absolute atomic E-state index is 0.00638. The number of anilines is 4. The molecule has 0 spiro atoms. The lowest BCUT2D eigenvalue weighted by molar-refractivity contribution is 0.598. The fraction of sp³-hybridized carbons (Fsp3) is 0.111. The Labute approximate surface area is 226 Å². The normalized spacial score (nSPS) is 11.3. The van der Waals surface area contributed by atoms with E-state index in [-0.39, 0.29) is 16.8 Å². The van der Waals surface area contributed by atoms with E-state index in [1.54, 1.807) is 12.1 Å². The summed E-state index contributed by atoms with van der Waals surface area (Å²) in [4.78, 5) is 15.4. The van der Waals surface area contributed by atoms with E-state index in [4.69, 9.17) is 10.9 Å². The second-order valence-corrected chi connectivity index (χ2v) is 10.3. The number of nitrogen functional groups attached to an aromatic ring is 1. The van der Waals surface area contributed by atoms with Gasteiger partial charge in [-0.05, 0) is 41.8 Å². The summed E-state index contributed by atoms with van der Waals surface area (Å²) in [6.07, 6.45) is 2.32. The summed E-state index contributed by atoms with van der Waals surface area (Å²) in [5.74, 6) is 1.53. The summed E-state index contributed by atoms with van der Waals surface area (Å²) in [7, 11) is -3.78. The van der Waals surface area contributed by atoms with Gasteiger partial charge in [-0.1, -0.05) is 60.7 Å².